The van der Waals surface area contributed by atoms with Crippen molar-refractivity contribution in [3.8, 4) is 0 Å². The van der Waals surface area contributed by atoms with Crippen molar-refractivity contribution in [1.29, 1.82) is 0 Å². The molecule has 3 atom stereocenters. The summed E-state index contributed by atoms with van der Waals surface area (Å²) in [7, 11) is 2.24. The highest BCUT2D eigenvalue weighted by molar-refractivity contribution is 5.66. The van der Waals surface area contributed by atoms with Crippen LogP contribution in [-0.4, -0.2) is 59.1 Å². The predicted molar refractivity (Wildman–Crippen MR) is 67.1 cm³/mol. The Morgan fingerprint density at radius 3 is 2.76 bits per heavy atom. The standard InChI is InChI=1S/C13H24N2O2/c1-10(3-6-13(16)17)15-8-7-11-4-5-12(9-15)14(11)2/h10-12H,3-9H2,1-2H3,(H,16,17). The molecule has 0 spiro atoms. The highest BCUT2D eigenvalue weighted by Gasteiger charge is 2.35. The van der Waals surface area contributed by atoms with Gasteiger partial charge in [0.05, 0.1) is 0 Å². The summed E-state index contributed by atoms with van der Waals surface area (Å²) >= 11 is 0. The molecule has 0 aromatic heterocycles. The van der Waals surface area contributed by atoms with Gasteiger partial charge in [-0.2, -0.15) is 0 Å². The van der Waals surface area contributed by atoms with Gasteiger partial charge in [0, 0.05) is 31.1 Å². The summed E-state index contributed by atoms with van der Waals surface area (Å²) in [4.78, 5) is 15.6. The first-order valence-corrected chi connectivity index (χ1v) is 6.75. The summed E-state index contributed by atoms with van der Waals surface area (Å²) < 4.78 is 0. The summed E-state index contributed by atoms with van der Waals surface area (Å²) in [5.41, 5.74) is 0. The zero-order valence-electron chi connectivity index (χ0n) is 10.9. The lowest BCUT2D eigenvalue weighted by molar-refractivity contribution is -0.137. The van der Waals surface area contributed by atoms with Crippen molar-refractivity contribution in [2.24, 2.45) is 0 Å². The summed E-state index contributed by atoms with van der Waals surface area (Å²) in [6.07, 6.45) is 4.96. The Labute approximate surface area is 104 Å². The zero-order chi connectivity index (χ0) is 12.4. The lowest BCUT2D eigenvalue weighted by Gasteiger charge is -2.30. The first-order chi connectivity index (χ1) is 8.08. The number of likely N-dealkylation sites (N-methyl/N-ethyl adjacent to an activating group) is 1. The van der Waals surface area contributed by atoms with E-state index in [0.717, 1.165) is 25.6 Å². The molecule has 2 aliphatic heterocycles. The second-order valence-electron chi connectivity index (χ2n) is 5.62. The van der Waals surface area contributed by atoms with E-state index < -0.39 is 5.97 Å². The van der Waals surface area contributed by atoms with E-state index in [9.17, 15) is 4.79 Å². The normalized spacial score (nSPS) is 32.4. The van der Waals surface area contributed by atoms with Crippen LogP contribution in [-0.2, 0) is 4.79 Å². The number of carboxylic acids is 1. The average molecular weight is 240 g/mol. The molecule has 0 saturated carbocycles. The number of carbonyl (C=O) groups is 1. The van der Waals surface area contributed by atoms with Crippen molar-refractivity contribution < 1.29 is 9.90 Å². The molecule has 0 aromatic rings. The summed E-state index contributed by atoms with van der Waals surface area (Å²) in [6.45, 7) is 4.42. The van der Waals surface area contributed by atoms with Crippen molar-refractivity contribution in [2.75, 3.05) is 20.1 Å². The number of rotatable bonds is 4. The molecule has 2 bridgehead atoms. The van der Waals surface area contributed by atoms with Crippen LogP contribution in [0, 0.1) is 0 Å². The summed E-state index contributed by atoms with van der Waals surface area (Å²) in [5, 5.41) is 8.74. The molecule has 0 aromatic carbocycles. The lowest BCUT2D eigenvalue weighted by atomic mass is 10.1. The third-order valence-corrected chi connectivity index (χ3v) is 4.58. The fourth-order valence-electron chi connectivity index (χ4n) is 3.25. The van der Waals surface area contributed by atoms with Crippen molar-refractivity contribution >= 4 is 5.97 Å². The van der Waals surface area contributed by atoms with E-state index in [1.165, 1.54) is 19.3 Å². The molecule has 0 aliphatic carbocycles. The molecule has 2 fully saturated rings. The van der Waals surface area contributed by atoms with Crippen LogP contribution in [0.15, 0.2) is 0 Å². The van der Waals surface area contributed by atoms with Crippen LogP contribution in [0.25, 0.3) is 0 Å². The largest absolute Gasteiger partial charge is 0.481 e. The van der Waals surface area contributed by atoms with Crippen molar-refractivity contribution in [1.82, 2.24) is 9.80 Å². The first-order valence-electron chi connectivity index (χ1n) is 6.75. The number of fused-ring (bicyclic) bond motifs is 2. The van der Waals surface area contributed by atoms with E-state index in [-0.39, 0.29) is 0 Å². The minimum atomic E-state index is -0.676. The summed E-state index contributed by atoms with van der Waals surface area (Å²) in [5.74, 6) is -0.676. The fraction of sp³-hybridized carbons (Fsp3) is 0.923. The Kier molecular flexibility index (Phi) is 4.05. The molecular formula is C13H24N2O2. The van der Waals surface area contributed by atoms with Gasteiger partial charge in [-0.3, -0.25) is 14.6 Å². The predicted octanol–water partition coefficient (Wildman–Crippen LogP) is 1.41. The maximum absolute atomic E-state index is 10.6. The molecule has 4 heteroatoms. The highest BCUT2D eigenvalue weighted by Crippen LogP contribution is 2.29. The lowest BCUT2D eigenvalue weighted by Crippen LogP contribution is -2.41. The highest BCUT2D eigenvalue weighted by atomic mass is 16.4. The molecule has 2 aliphatic rings. The molecule has 2 rings (SSSR count). The van der Waals surface area contributed by atoms with E-state index in [2.05, 4.69) is 23.8 Å². The second kappa shape index (κ2) is 5.36. The molecule has 4 nitrogen and oxygen atoms in total. The summed E-state index contributed by atoms with van der Waals surface area (Å²) in [6, 6.07) is 1.85. The minimum Gasteiger partial charge on any atom is -0.481 e. The monoisotopic (exact) mass is 240 g/mol. The molecule has 1 N–H and O–H groups in total. The van der Waals surface area contributed by atoms with Crippen LogP contribution in [0.2, 0.25) is 0 Å². The van der Waals surface area contributed by atoms with Gasteiger partial charge in [0.2, 0.25) is 0 Å². The van der Waals surface area contributed by atoms with Crippen LogP contribution in [0.1, 0.15) is 39.0 Å². The Hall–Kier alpha value is -0.610. The Morgan fingerprint density at radius 1 is 1.35 bits per heavy atom. The van der Waals surface area contributed by atoms with E-state index in [1.807, 2.05) is 0 Å². The van der Waals surface area contributed by atoms with Crippen molar-refractivity contribution in [2.45, 2.75) is 57.2 Å². The van der Waals surface area contributed by atoms with Gasteiger partial charge in [-0.05, 0) is 46.2 Å². The number of nitrogens with zero attached hydrogens (tertiary/aromatic N) is 2. The van der Waals surface area contributed by atoms with Gasteiger partial charge < -0.3 is 5.11 Å². The smallest absolute Gasteiger partial charge is 0.303 e. The van der Waals surface area contributed by atoms with Crippen LogP contribution in [0.4, 0.5) is 0 Å². The topological polar surface area (TPSA) is 43.8 Å². The van der Waals surface area contributed by atoms with Gasteiger partial charge in [0.25, 0.3) is 0 Å². The molecule has 3 unspecified atom stereocenters. The average Bonchev–Trinajstić information content (AvgIpc) is 2.50. The Bertz CT molecular complexity index is 283. The third-order valence-electron chi connectivity index (χ3n) is 4.58. The van der Waals surface area contributed by atoms with Gasteiger partial charge in [-0.1, -0.05) is 0 Å². The van der Waals surface area contributed by atoms with E-state index in [0.29, 0.717) is 18.5 Å². The zero-order valence-corrected chi connectivity index (χ0v) is 10.9. The second-order valence-corrected chi connectivity index (χ2v) is 5.62. The number of hydrogen-bond acceptors (Lipinski definition) is 3. The molecule has 98 valence electrons. The molecule has 0 radical (unpaired) electrons. The van der Waals surface area contributed by atoms with Gasteiger partial charge in [-0.15, -0.1) is 0 Å². The number of aliphatic carboxylic acids is 1. The molecular weight excluding hydrogens is 216 g/mol. The number of carboxylic acid groups (broad SMARTS) is 1. The van der Waals surface area contributed by atoms with Crippen LogP contribution >= 0.6 is 0 Å². The quantitative estimate of drug-likeness (QED) is 0.807. The van der Waals surface area contributed by atoms with Crippen LogP contribution in [0.5, 0.6) is 0 Å². The maximum atomic E-state index is 10.6. The third kappa shape index (κ3) is 2.99. The molecule has 2 heterocycles. The molecule has 2 saturated heterocycles. The maximum Gasteiger partial charge on any atom is 0.303 e. The van der Waals surface area contributed by atoms with E-state index in [4.69, 9.17) is 5.11 Å². The van der Waals surface area contributed by atoms with Gasteiger partial charge in [0.1, 0.15) is 0 Å². The van der Waals surface area contributed by atoms with Crippen molar-refractivity contribution in [3.05, 3.63) is 0 Å². The van der Waals surface area contributed by atoms with Gasteiger partial charge in [-0.25, -0.2) is 0 Å². The number of hydrogen-bond donors (Lipinski definition) is 1. The van der Waals surface area contributed by atoms with Crippen LogP contribution < -0.4 is 0 Å². The fourth-order valence-corrected chi connectivity index (χ4v) is 3.25. The Morgan fingerprint density at radius 2 is 2.06 bits per heavy atom. The van der Waals surface area contributed by atoms with E-state index >= 15 is 0 Å². The molecule has 0 amide bonds. The number of likely N-dealkylation sites (tertiary alicyclic amines) is 1. The molecule has 17 heavy (non-hydrogen) atoms. The van der Waals surface area contributed by atoms with Crippen LogP contribution in [0.3, 0.4) is 0 Å². The van der Waals surface area contributed by atoms with E-state index in [1.54, 1.807) is 0 Å². The van der Waals surface area contributed by atoms with Gasteiger partial charge >= 0.3 is 5.97 Å². The van der Waals surface area contributed by atoms with Crippen molar-refractivity contribution in [3.63, 3.8) is 0 Å². The Balaban J connectivity index is 1.87. The minimum absolute atomic E-state index is 0.293. The van der Waals surface area contributed by atoms with Gasteiger partial charge in [0.15, 0.2) is 0 Å². The SMILES string of the molecule is CC(CCC(=O)O)N1CCC2CCC(C1)N2C. The first kappa shape index (κ1) is 12.8.